The number of ketones is 1. The van der Waals surface area contributed by atoms with E-state index in [0.717, 1.165) is 11.1 Å². The van der Waals surface area contributed by atoms with Crippen molar-refractivity contribution in [3.8, 4) is 0 Å². The summed E-state index contributed by atoms with van der Waals surface area (Å²) in [5.41, 5.74) is 1.91. The zero-order valence-corrected chi connectivity index (χ0v) is 13.2. The molecule has 2 rings (SSSR count). The third-order valence-electron chi connectivity index (χ3n) is 3.26. The second-order valence-corrected chi connectivity index (χ2v) is 7.20. The molecule has 2 aromatic carbocycles. The number of sulfone groups is 1. The highest BCUT2D eigenvalue weighted by Gasteiger charge is 2.15. The summed E-state index contributed by atoms with van der Waals surface area (Å²) in [7, 11) is -3.41. The number of aryl methyl sites for hydroxylation is 1. The number of hydrogen-bond acceptors (Lipinski definition) is 3. The average molecular weight is 314 g/mol. The highest BCUT2D eigenvalue weighted by atomic mass is 32.2. The molecule has 0 unspecified atom stereocenters. The number of carbonyl (C=O) groups is 1. The number of allylic oxidation sites excluding steroid dienone is 1. The van der Waals surface area contributed by atoms with E-state index in [1.807, 2.05) is 37.3 Å². The van der Waals surface area contributed by atoms with E-state index in [4.69, 9.17) is 0 Å². The molecule has 2 aromatic rings. The Bertz CT molecular complexity index is 758. The summed E-state index contributed by atoms with van der Waals surface area (Å²) in [5.74, 6) is -0.367. The van der Waals surface area contributed by atoms with Crippen molar-refractivity contribution in [2.75, 3.05) is 5.75 Å². The van der Waals surface area contributed by atoms with Crippen molar-refractivity contribution in [3.63, 3.8) is 0 Å². The van der Waals surface area contributed by atoms with Crippen molar-refractivity contribution >= 4 is 21.7 Å². The summed E-state index contributed by atoms with van der Waals surface area (Å²) in [6.07, 6.45) is 3.11. The standard InChI is InChI=1S/C18H18O3S/c1-15-7-11-18(12-8-15)22(20,21)14-13-17(19)10-9-16-5-3-2-4-6-16/h2-12H,13-14H2,1H3/b10-9+. The maximum absolute atomic E-state index is 12.1. The smallest absolute Gasteiger partial charge is 0.178 e. The van der Waals surface area contributed by atoms with Gasteiger partial charge in [0.25, 0.3) is 0 Å². The second kappa shape index (κ2) is 7.18. The summed E-state index contributed by atoms with van der Waals surface area (Å²) >= 11 is 0. The van der Waals surface area contributed by atoms with Crippen molar-refractivity contribution in [1.29, 1.82) is 0 Å². The fourth-order valence-electron chi connectivity index (χ4n) is 1.94. The molecule has 22 heavy (non-hydrogen) atoms. The van der Waals surface area contributed by atoms with Crippen LogP contribution < -0.4 is 0 Å². The molecule has 3 nitrogen and oxygen atoms in total. The molecular weight excluding hydrogens is 296 g/mol. The summed E-state index contributed by atoms with van der Waals surface area (Å²) in [6.45, 7) is 1.90. The third kappa shape index (κ3) is 4.67. The van der Waals surface area contributed by atoms with Crippen molar-refractivity contribution in [1.82, 2.24) is 0 Å². The van der Waals surface area contributed by atoms with Crippen molar-refractivity contribution in [2.45, 2.75) is 18.2 Å². The van der Waals surface area contributed by atoms with Gasteiger partial charge in [0.05, 0.1) is 10.6 Å². The summed E-state index contributed by atoms with van der Waals surface area (Å²) in [5, 5.41) is 0. The molecule has 0 aliphatic rings. The van der Waals surface area contributed by atoms with Crippen LogP contribution in [-0.2, 0) is 14.6 Å². The Labute approximate surface area is 131 Å². The molecule has 0 fully saturated rings. The normalized spacial score (nSPS) is 11.7. The van der Waals surface area contributed by atoms with Crippen LogP contribution in [-0.4, -0.2) is 20.0 Å². The molecule has 4 heteroatoms. The Morgan fingerprint density at radius 1 is 1.00 bits per heavy atom. The molecule has 0 aliphatic carbocycles. The van der Waals surface area contributed by atoms with E-state index in [-0.39, 0.29) is 22.9 Å². The van der Waals surface area contributed by atoms with Crippen LogP contribution in [0.5, 0.6) is 0 Å². The maximum atomic E-state index is 12.1. The Kier molecular flexibility index (Phi) is 5.28. The van der Waals surface area contributed by atoms with Crippen LogP contribution in [0.2, 0.25) is 0 Å². The molecule has 0 atom stereocenters. The van der Waals surface area contributed by atoms with Gasteiger partial charge >= 0.3 is 0 Å². The van der Waals surface area contributed by atoms with E-state index < -0.39 is 9.84 Å². The molecule has 0 amide bonds. The fraction of sp³-hybridized carbons (Fsp3) is 0.167. The van der Waals surface area contributed by atoms with Crippen molar-refractivity contribution in [2.24, 2.45) is 0 Å². The number of rotatable bonds is 6. The Morgan fingerprint density at radius 3 is 2.27 bits per heavy atom. The first-order chi connectivity index (χ1) is 10.5. The topological polar surface area (TPSA) is 51.2 Å². The lowest BCUT2D eigenvalue weighted by Crippen LogP contribution is -2.10. The van der Waals surface area contributed by atoms with Gasteiger partial charge in [-0.2, -0.15) is 0 Å². The largest absolute Gasteiger partial charge is 0.295 e. The molecule has 0 aliphatic heterocycles. The lowest BCUT2D eigenvalue weighted by molar-refractivity contribution is -0.114. The summed E-state index contributed by atoms with van der Waals surface area (Å²) in [4.78, 5) is 12.1. The van der Waals surface area contributed by atoms with Gasteiger partial charge in [0.1, 0.15) is 0 Å². The van der Waals surface area contributed by atoms with Gasteiger partial charge in [0, 0.05) is 6.42 Å². The molecule has 0 saturated heterocycles. The van der Waals surface area contributed by atoms with Crippen LogP contribution >= 0.6 is 0 Å². The molecule has 0 saturated carbocycles. The van der Waals surface area contributed by atoms with Gasteiger partial charge in [-0.05, 0) is 30.7 Å². The highest BCUT2D eigenvalue weighted by Crippen LogP contribution is 2.13. The predicted octanol–water partition coefficient (Wildman–Crippen LogP) is 3.44. The third-order valence-corrected chi connectivity index (χ3v) is 4.99. The minimum absolute atomic E-state index is 0.0143. The van der Waals surface area contributed by atoms with Crippen LogP contribution in [0.25, 0.3) is 6.08 Å². The molecule has 0 spiro atoms. The first-order valence-corrected chi connectivity index (χ1v) is 8.68. The van der Waals surface area contributed by atoms with E-state index in [1.54, 1.807) is 30.3 Å². The monoisotopic (exact) mass is 314 g/mol. The highest BCUT2D eigenvalue weighted by molar-refractivity contribution is 7.91. The fourth-order valence-corrected chi connectivity index (χ4v) is 3.19. The van der Waals surface area contributed by atoms with Crippen molar-refractivity contribution < 1.29 is 13.2 Å². The van der Waals surface area contributed by atoms with Gasteiger partial charge in [-0.1, -0.05) is 54.1 Å². The van der Waals surface area contributed by atoms with Crippen LogP contribution in [0, 0.1) is 6.92 Å². The SMILES string of the molecule is Cc1ccc(S(=O)(=O)CCC(=O)/C=C/c2ccccc2)cc1. The lowest BCUT2D eigenvalue weighted by atomic mass is 10.2. The van der Waals surface area contributed by atoms with Gasteiger partial charge < -0.3 is 0 Å². The van der Waals surface area contributed by atoms with Gasteiger partial charge in [-0.15, -0.1) is 0 Å². The molecule has 0 radical (unpaired) electrons. The predicted molar refractivity (Wildman–Crippen MR) is 88.3 cm³/mol. The Hall–Kier alpha value is -2.20. The quantitative estimate of drug-likeness (QED) is 0.767. The molecule has 0 N–H and O–H groups in total. The molecule has 0 bridgehead atoms. The van der Waals surface area contributed by atoms with E-state index >= 15 is 0 Å². The van der Waals surface area contributed by atoms with Crippen LogP contribution in [0.15, 0.2) is 65.6 Å². The molecule has 0 heterocycles. The van der Waals surface area contributed by atoms with E-state index in [1.165, 1.54) is 6.08 Å². The van der Waals surface area contributed by atoms with Crippen LogP contribution in [0.4, 0.5) is 0 Å². The summed E-state index contributed by atoms with van der Waals surface area (Å²) < 4.78 is 24.3. The molecule has 114 valence electrons. The zero-order chi connectivity index (χ0) is 16.0. The first-order valence-electron chi connectivity index (χ1n) is 7.03. The number of carbonyl (C=O) groups excluding carboxylic acids is 1. The second-order valence-electron chi connectivity index (χ2n) is 5.09. The van der Waals surface area contributed by atoms with E-state index in [0.29, 0.717) is 0 Å². The lowest BCUT2D eigenvalue weighted by Gasteiger charge is -2.03. The average Bonchev–Trinajstić information content (AvgIpc) is 2.52. The summed E-state index contributed by atoms with van der Waals surface area (Å²) in [6, 6.07) is 16.1. The van der Waals surface area contributed by atoms with Gasteiger partial charge in [0.2, 0.25) is 0 Å². The van der Waals surface area contributed by atoms with Crippen LogP contribution in [0.1, 0.15) is 17.5 Å². The first kappa shape index (κ1) is 16.2. The van der Waals surface area contributed by atoms with Gasteiger partial charge in [-0.25, -0.2) is 8.42 Å². The molecular formula is C18H18O3S. The minimum Gasteiger partial charge on any atom is -0.295 e. The Balaban J connectivity index is 1.95. The van der Waals surface area contributed by atoms with E-state index in [2.05, 4.69) is 0 Å². The zero-order valence-electron chi connectivity index (χ0n) is 12.4. The van der Waals surface area contributed by atoms with E-state index in [9.17, 15) is 13.2 Å². The Morgan fingerprint density at radius 2 is 1.64 bits per heavy atom. The van der Waals surface area contributed by atoms with Gasteiger partial charge in [0.15, 0.2) is 15.6 Å². The number of benzene rings is 2. The van der Waals surface area contributed by atoms with Crippen molar-refractivity contribution in [3.05, 3.63) is 71.8 Å². The number of hydrogen-bond donors (Lipinski definition) is 0. The minimum atomic E-state index is -3.41. The van der Waals surface area contributed by atoms with Crippen LogP contribution in [0.3, 0.4) is 0 Å². The molecule has 0 aromatic heterocycles. The van der Waals surface area contributed by atoms with Gasteiger partial charge in [-0.3, -0.25) is 4.79 Å². The maximum Gasteiger partial charge on any atom is 0.178 e.